The van der Waals surface area contributed by atoms with Crippen molar-refractivity contribution in [2.45, 2.75) is 19.3 Å². The molecule has 0 fully saturated rings. The first-order chi connectivity index (χ1) is 20.1. The monoisotopic (exact) mass is 524 g/mol. The summed E-state index contributed by atoms with van der Waals surface area (Å²) in [5, 5.41) is 3.70. The van der Waals surface area contributed by atoms with Crippen LogP contribution in [-0.2, 0) is 5.41 Å². The summed E-state index contributed by atoms with van der Waals surface area (Å²) in [4.78, 5) is 9.41. The molecule has 7 aromatic rings. The molecule has 0 unspecified atom stereocenters. The van der Waals surface area contributed by atoms with Gasteiger partial charge in [-0.2, -0.15) is 0 Å². The largest absolute Gasteiger partial charge is 0.265 e. The van der Waals surface area contributed by atoms with Gasteiger partial charge in [-0.25, -0.2) is 4.98 Å². The highest BCUT2D eigenvalue weighted by molar-refractivity contribution is 6.06. The molecule has 8 rings (SSSR count). The van der Waals surface area contributed by atoms with E-state index in [0.29, 0.717) is 0 Å². The van der Waals surface area contributed by atoms with E-state index < -0.39 is 0 Å². The first-order valence-corrected chi connectivity index (χ1v) is 14.2. The predicted octanol–water partition coefficient (Wildman–Crippen LogP) is 10.1. The van der Waals surface area contributed by atoms with Crippen LogP contribution in [0.15, 0.2) is 134 Å². The van der Waals surface area contributed by atoms with Gasteiger partial charge in [0.25, 0.3) is 0 Å². The van der Waals surface area contributed by atoms with E-state index in [0.717, 1.165) is 11.2 Å². The van der Waals surface area contributed by atoms with Crippen molar-refractivity contribution < 1.29 is 0 Å². The molecule has 5 aromatic carbocycles. The Bertz CT molecular complexity index is 2110. The Labute approximate surface area is 240 Å². The fraction of sp³-hybridized carbons (Fsp3) is 0.0769. The molecule has 0 spiro atoms. The van der Waals surface area contributed by atoms with E-state index in [-0.39, 0.29) is 5.41 Å². The molecule has 0 radical (unpaired) electrons. The molecule has 0 bridgehead atoms. The first-order valence-electron chi connectivity index (χ1n) is 14.2. The van der Waals surface area contributed by atoms with Crippen LogP contribution >= 0.6 is 0 Å². The molecule has 41 heavy (non-hydrogen) atoms. The summed E-state index contributed by atoms with van der Waals surface area (Å²) in [5.74, 6) is 0. The van der Waals surface area contributed by atoms with Crippen LogP contribution in [0.4, 0.5) is 0 Å². The summed E-state index contributed by atoms with van der Waals surface area (Å²) in [6.45, 7) is 4.67. The lowest BCUT2D eigenvalue weighted by Gasteiger charge is -2.25. The third-order valence-corrected chi connectivity index (χ3v) is 8.77. The van der Waals surface area contributed by atoms with Crippen LogP contribution in [0.3, 0.4) is 0 Å². The van der Waals surface area contributed by atoms with Gasteiger partial charge in [-0.15, -0.1) is 0 Å². The summed E-state index contributed by atoms with van der Waals surface area (Å²) >= 11 is 0. The maximum atomic E-state index is 5.21. The average molecular weight is 525 g/mol. The van der Waals surface area contributed by atoms with Crippen molar-refractivity contribution in [3.05, 3.63) is 145 Å². The van der Waals surface area contributed by atoms with Gasteiger partial charge in [-0.3, -0.25) is 4.98 Å². The molecule has 0 N–H and O–H groups in total. The van der Waals surface area contributed by atoms with Gasteiger partial charge >= 0.3 is 0 Å². The normalized spacial score (nSPS) is 13.3. The van der Waals surface area contributed by atoms with Crippen LogP contribution in [0.5, 0.6) is 0 Å². The topological polar surface area (TPSA) is 25.8 Å². The standard InChI is InChI=1S/C39H28N2/c1-39(2)34-13-7-5-11-32(34)38-37(39)36(33-12-6-8-14-35(33)41-38)27-17-15-25(16-18-27)28-19-20-29(26-21-23-40-24-22-26)31-10-4-3-9-30(28)31/h3-24H,1-2H3. The van der Waals surface area contributed by atoms with Crippen molar-refractivity contribution in [2.75, 3.05) is 0 Å². The molecule has 0 amide bonds. The smallest absolute Gasteiger partial charge is 0.0759 e. The number of hydrogen-bond acceptors (Lipinski definition) is 2. The second kappa shape index (κ2) is 8.97. The number of rotatable bonds is 3. The number of hydrogen-bond donors (Lipinski definition) is 0. The van der Waals surface area contributed by atoms with E-state index in [1.807, 2.05) is 12.4 Å². The quantitative estimate of drug-likeness (QED) is 0.230. The summed E-state index contributed by atoms with van der Waals surface area (Å²) < 4.78 is 0. The van der Waals surface area contributed by atoms with E-state index in [1.165, 1.54) is 66.2 Å². The Kier molecular flexibility index (Phi) is 5.20. The Morgan fingerprint density at radius 2 is 1.05 bits per heavy atom. The molecule has 2 heteroatoms. The van der Waals surface area contributed by atoms with Crippen molar-refractivity contribution in [1.82, 2.24) is 9.97 Å². The number of aromatic nitrogens is 2. The third-order valence-electron chi connectivity index (χ3n) is 8.77. The van der Waals surface area contributed by atoms with Gasteiger partial charge in [0.05, 0.1) is 11.2 Å². The van der Waals surface area contributed by atoms with Crippen LogP contribution in [-0.4, -0.2) is 9.97 Å². The minimum absolute atomic E-state index is 0.143. The fourth-order valence-corrected chi connectivity index (χ4v) is 6.83. The Hall–Kier alpha value is -5.08. The molecule has 0 atom stereocenters. The number of pyridine rings is 2. The molecule has 0 saturated heterocycles. The van der Waals surface area contributed by atoms with E-state index in [1.54, 1.807) is 0 Å². The van der Waals surface area contributed by atoms with Crippen molar-refractivity contribution in [3.8, 4) is 44.6 Å². The second-order valence-electron chi connectivity index (χ2n) is 11.4. The highest BCUT2D eigenvalue weighted by Gasteiger charge is 2.39. The van der Waals surface area contributed by atoms with Crippen LogP contribution in [0.2, 0.25) is 0 Å². The van der Waals surface area contributed by atoms with Crippen molar-refractivity contribution >= 4 is 21.7 Å². The maximum Gasteiger partial charge on any atom is 0.0759 e. The number of fused-ring (bicyclic) bond motifs is 5. The van der Waals surface area contributed by atoms with Crippen LogP contribution < -0.4 is 0 Å². The molecule has 1 aliphatic carbocycles. The summed E-state index contributed by atoms with van der Waals surface area (Å²) in [5.41, 5.74) is 13.3. The zero-order valence-corrected chi connectivity index (χ0v) is 23.1. The highest BCUT2D eigenvalue weighted by atomic mass is 14.7. The molecule has 0 aliphatic heterocycles. The zero-order valence-electron chi connectivity index (χ0n) is 23.1. The maximum absolute atomic E-state index is 5.21. The summed E-state index contributed by atoms with van der Waals surface area (Å²) in [6, 6.07) is 43.8. The molecule has 2 aromatic heterocycles. The van der Waals surface area contributed by atoms with Gasteiger partial charge in [0.1, 0.15) is 0 Å². The molecule has 2 heterocycles. The van der Waals surface area contributed by atoms with Crippen molar-refractivity contribution in [1.29, 1.82) is 0 Å². The van der Waals surface area contributed by atoms with Gasteiger partial charge < -0.3 is 0 Å². The van der Waals surface area contributed by atoms with Gasteiger partial charge in [-0.05, 0) is 73.5 Å². The van der Waals surface area contributed by atoms with Gasteiger partial charge in [0.15, 0.2) is 0 Å². The molecule has 1 aliphatic rings. The fourth-order valence-electron chi connectivity index (χ4n) is 6.83. The Morgan fingerprint density at radius 3 is 1.76 bits per heavy atom. The summed E-state index contributed by atoms with van der Waals surface area (Å²) in [6.07, 6.45) is 3.71. The van der Waals surface area contributed by atoms with Gasteiger partial charge in [-0.1, -0.05) is 117 Å². The highest BCUT2D eigenvalue weighted by Crippen LogP contribution is 2.53. The SMILES string of the molecule is CC1(C)c2ccccc2-c2nc3ccccc3c(-c3ccc(-c4ccc(-c5ccncc5)c5ccccc45)cc3)c21. The first kappa shape index (κ1) is 23.8. The van der Waals surface area contributed by atoms with E-state index in [2.05, 4.69) is 140 Å². The zero-order chi connectivity index (χ0) is 27.6. The number of benzene rings is 5. The minimum atomic E-state index is -0.143. The molecular weight excluding hydrogens is 496 g/mol. The summed E-state index contributed by atoms with van der Waals surface area (Å²) in [7, 11) is 0. The van der Waals surface area contributed by atoms with Gasteiger partial charge in [0.2, 0.25) is 0 Å². The van der Waals surface area contributed by atoms with Gasteiger partial charge in [0, 0.05) is 28.8 Å². The van der Waals surface area contributed by atoms with Crippen molar-refractivity contribution in [2.24, 2.45) is 0 Å². The van der Waals surface area contributed by atoms with E-state index in [9.17, 15) is 0 Å². The minimum Gasteiger partial charge on any atom is -0.265 e. The Balaban J connectivity index is 1.31. The number of para-hydroxylation sites is 1. The predicted molar refractivity (Wildman–Crippen MR) is 171 cm³/mol. The van der Waals surface area contributed by atoms with Crippen molar-refractivity contribution in [3.63, 3.8) is 0 Å². The molecular formula is C39H28N2. The van der Waals surface area contributed by atoms with Crippen LogP contribution in [0, 0.1) is 0 Å². The molecule has 2 nitrogen and oxygen atoms in total. The lowest BCUT2D eigenvalue weighted by molar-refractivity contribution is 0.662. The van der Waals surface area contributed by atoms with Crippen LogP contribution in [0.1, 0.15) is 25.0 Å². The van der Waals surface area contributed by atoms with Crippen LogP contribution in [0.25, 0.3) is 66.3 Å². The lowest BCUT2D eigenvalue weighted by atomic mass is 9.78. The van der Waals surface area contributed by atoms with E-state index >= 15 is 0 Å². The number of nitrogens with zero attached hydrogens (tertiary/aromatic N) is 2. The lowest BCUT2D eigenvalue weighted by Crippen LogP contribution is -2.16. The average Bonchev–Trinajstić information content (AvgIpc) is 3.26. The Morgan fingerprint density at radius 1 is 0.488 bits per heavy atom. The molecule has 0 saturated carbocycles. The second-order valence-corrected chi connectivity index (χ2v) is 11.4. The van der Waals surface area contributed by atoms with E-state index in [4.69, 9.17) is 4.98 Å². The molecule has 194 valence electrons. The third kappa shape index (κ3) is 3.57.